The molecule has 0 aliphatic carbocycles. The Hall–Kier alpha value is -1.39. The van der Waals surface area contributed by atoms with Gasteiger partial charge in [0.1, 0.15) is 0 Å². The van der Waals surface area contributed by atoms with E-state index >= 15 is 0 Å². The van der Waals surface area contributed by atoms with E-state index in [-0.39, 0.29) is 0 Å². The zero-order valence-electron chi connectivity index (χ0n) is 10.8. The minimum Gasteiger partial charge on any atom is -0.345 e. The largest absolute Gasteiger partial charge is 0.345 e. The second-order valence-corrected chi connectivity index (χ2v) is 5.21. The molecule has 96 valence electrons. The third kappa shape index (κ3) is 2.54. The van der Waals surface area contributed by atoms with Gasteiger partial charge < -0.3 is 15.2 Å². The first-order valence-electron chi connectivity index (χ1n) is 6.65. The SMILES string of the molecule is CN1CCNC(CCc2ccc3nc[nH]c3c2)C1. The van der Waals surface area contributed by atoms with Gasteiger partial charge in [-0.1, -0.05) is 6.07 Å². The van der Waals surface area contributed by atoms with Gasteiger partial charge in [-0.15, -0.1) is 0 Å². The number of benzene rings is 1. The van der Waals surface area contributed by atoms with Crippen molar-refractivity contribution in [2.75, 3.05) is 26.7 Å². The number of H-pyrrole nitrogens is 1. The van der Waals surface area contributed by atoms with Crippen LogP contribution in [0.5, 0.6) is 0 Å². The Balaban J connectivity index is 1.61. The summed E-state index contributed by atoms with van der Waals surface area (Å²) in [6.07, 6.45) is 4.08. The number of aryl methyl sites for hydroxylation is 1. The lowest BCUT2D eigenvalue weighted by Crippen LogP contribution is -2.49. The third-order valence-corrected chi connectivity index (χ3v) is 3.72. The first-order valence-corrected chi connectivity index (χ1v) is 6.65. The minimum absolute atomic E-state index is 0.626. The monoisotopic (exact) mass is 244 g/mol. The molecular weight excluding hydrogens is 224 g/mol. The molecule has 1 aliphatic heterocycles. The highest BCUT2D eigenvalue weighted by Gasteiger charge is 2.15. The molecule has 4 nitrogen and oxygen atoms in total. The second-order valence-electron chi connectivity index (χ2n) is 5.21. The van der Waals surface area contributed by atoms with Crippen molar-refractivity contribution in [2.24, 2.45) is 0 Å². The minimum atomic E-state index is 0.626. The summed E-state index contributed by atoms with van der Waals surface area (Å²) in [6.45, 7) is 3.43. The van der Waals surface area contributed by atoms with E-state index in [1.165, 1.54) is 12.0 Å². The summed E-state index contributed by atoms with van der Waals surface area (Å²) < 4.78 is 0. The number of likely N-dealkylation sites (N-methyl/N-ethyl adjacent to an activating group) is 1. The lowest BCUT2D eigenvalue weighted by Gasteiger charge is -2.30. The first kappa shape index (κ1) is 11.7. The fraction of sp³-hybridized carbons (Fsp3) is 0.500. The van der Waals surface area contributed by atoms with Crippen molar-refractivity contribution >= 4 is 11.0 Å². The van der Waals surface area contributed by atoms with Crippen molar-refractivity contribution in [1.29, 1.82) is 0 Å². The fourth-order valence-corrected chi connectivity index (χ4v) is 2.66. The van der Waals surface area contributed by atoms with Crippen LogP contribution < -0.4 is 5.32 Å². The molecule has 1 aliphatic rings. The van der Waals surface area contributed by atoms with Crippen LogP contribution in [0.1, 0.15) is 12.0 Å². The van der Waals surface area contributed by atoms with Gasteiger partial charge in [0.05, 0.1) is 17.4 Å². The Morgan fingerprint density at radius 1 is 1.44 bits per heavy atom. The van der Waals surface area contributed by atoms with Gasteiger partial charge in [-0.2, -0.15) is 0 Å². The van der Waals surface area contributed by atoms with Gasteiger partial charge in [-0.3, -0.25) is 0 Å². The molecule has 1 saturated heterocycles. The van der Waals surface area contributed by atoms with Crippen LogP contribution in [0.4, 0.5) is 0 Å². The van der Waals surface area contributed by atoms with Gasteiger partial charge >= 0.3 is 0 Å². The maximum Gasteiger partial charge on any atom is 0.0931 e. The predicted octanol–water partition coefficient (Wildman–Crippen LogP) is 1.40. The molecule has 0 radical (unpaired) electrons. The fourth-order valence-electron chi connectivity index (χ4n) is 2.66. The number of fused-ring (bicyclic) bond motifs is 1. The zero-order valence-corrected chi connectivity index (χ0v) is 10.8. The Kier molecular flexibility index (Phi) is 3.30. The Labute approximate surface area is 107 Å². The Morgan fingerprint density at radius 2 is 2.39 bits per heavy atom. The summed E-state index contributed by atoms with van der Waals surface area (Å²) in [5, 5.41) is 3.59. The van der Waals surface area contributed by atoms with Crippen LogP contribution in [0.25, 0.3) is 11.0 Å². The number of aromatic nitrogens is 2. The number of nitrogens with zero attached hydrogens (tertiary/aromatic N) is 2. The normalized spacial score (nSPS) is 21.5. The summed E-state index contributed by atoms with van der Waals surface area (Å²) in [5.74, 6) is 0. The molecule has 1 aromatic carbocycles. The number of aromatic amines is 1. The van der Waals surface area contributed by atoms with Crippen LogP contribution in [0.2, 0.25) is 0 Å². The molecular formula is C14H20N4. The van der Waals surface area contributed by atoms with Crippen molar-refractivity contribution in [3.63, 3.8) is 0 Å². The maximum absolute atomic E-state index is 4.25. The lowest BCUT2D eigenvalue weighted by atomic mass is 10.0. The highest BCUT2D eigenvalue weighted by Crippen LogP contribution is 2.14. The van der Waals surface area contributed by atoms with Crippen molar-refractivity contribution in [3.8, 4) is 0 Å². The van der Waals surface area contributed by atoms with Gasteiger partial charge in [0.15, 0.2) is 0 Å². The summed E-state index contributed by atoms with van der Waals surface area (Å²) in [7, 11) is 2.20. The van der Waals surface area contributed by atoms with Crippen LogP contribution in [-0.4, -0.2) is 47.6 Å². The van der Waals surface area contributed by atoms with E-state index in [0.717, 1.165) is 37.1 Å². The smallest absolute Gasteiger partial charge is 0.0931 e. The van der Waals surface area contributed by atoms with Crippen LogP contribution in [0, 0.1) is 0 Å². The average molecular weight is 244 g/mol. The lowest BCUT2D eigenvalue weighted by molar-refractivity contribution is 0.232. The van der Waals surface area contributed by atoms with Crippen LogP contribution in [0.3, 0.4) is 0 Å². The van der Waals surface area contributed by atoms with E-state index in [1.807, 2.05) is 0 Å². The van der Waals surface area contributed by atoms with E-state index in [4.69, 9.17) is 0 Å². The average Bonchev–Trinajstić information content (AvgIpc) is 2.84. The number of hydrogen-bond donors (Lipinski definition) is 2. The molecule has 2 aromatic rings. The molecule has 4 heteroatoms. The summed E-state index contributed by atoms with van der Waals surface area (Å²) in [6, 6.07) is 7.13. The van der Waals surface area contributed by atoms with Crippen LogP contribution >= 0.6 is 0 Å². The first-order chi connectivity index (χ1) is 8.81. The van der Waals surface area contributed by atoms with Gasteiger partial charge in [0.2, 0.25) is 0 Å². The summed E-state index contributed by atoms with van der Waals surface area (Å²) >= 11 is 0. The third-order valence-electron chi connectivity index (χ3n) is 3.72. The number of piperazine rings is 1. The molecule has 0 bridgehead atoms. The van der Waals surface area contributed by atoms with Crippen molar-refractivity contribution in [3.05, 3.63) is 30.1 Å². The standard InChI is InChI=1S/C14H20N4/c1-18-7-6-15-12(9-18)4-2-11-3-5-13-14(8-11)17-10-16-13/h3,5,8,10,12,15H,2,4,6-7,9H2,1H3,(H,16,17). The molecule has 1 aromatic heterocycles. The van der Waals surface area contributed by atoms with Gasteiger partial charge in [0, 0.05) is 25.7 Å². The highest BCUT2D eigenvalue weighted by molar-refractivity contribution is 5.74. The van der Waals surface area contributed by atoms with Crippen LogP contribution in [0.15, 0.2) is 24.5 Å². The van der Waals surface area contributed by atoms with Crippen molar-refractivity contribution in [2.45, 2.75) is 18.9 Å². The number of hydrogen-bond acceptors (Lipinski definition) is 3. The summed E-state index contributed by atoms with van der Waals surface area (Å²) in [5.41, 5.74) is 3.58. The Morgan fingerprint density at radius 3 is 3.28 bits per heavy atom. The van der Waals surface area contributed by atoms with E-state index in [0.29, 0.717) is 6.04 Å². The molecule has 3 rings (SSSR count). The van der Waals surface area contributed by atoms with Gasteiger partial charge in [0.25, 0.3) is 0 Å². The number of rotatable bonds is 3. The Bertz CT molecular complexity index is 519. The molecule has 2 N–H and O–H groups in total. The van der Waals surface area contributed by atoms with E-state index in [9.17, 15) is 0 Å². The number of imidazole rings is 1. The van der Waals surface area contributed by atoms with Crippen LogP contribution in [-0.2, 0) is 6.42 Å². The molecule has 0 saturated carbocycles. The molecule has 18 heavy (non-hydrogen) atoms. The zero-order chi connectivity index (χ0) is 12.4. The molecule has 0 amide bonds. The van der Waals surface area contributed by atoms with Gasteiger partial charge in [-0.05, 0) is 37.6 Å². The topological polar surface area (TPSA) is 44.0 Å². The van der Waals surface area contributed by atoms with E-state index < -0.39 is 0 Å². The number of nitrogens with one attached hydrogen (secondary N) is 2. The van der Waals surface area contributed by atoms with Crippen molar-refractivity contribution in [1.82, 2.24) is 20.2 Å². The molecule has 1 unspecified atom stereocenters. The predicted molar refractivity (Wildman–Crippen MR) is 73.7 cm³/mol. The quantitative estimate of drug-likeness (QED) is 0.858. The molecule has 0 spiro atoms. The van der Waals surface area contributed by atoms with E-state index in [1.54, 1.807) is 6.33 Å². The van der Waals surface area contributed by atoms with Gasteiger partial charge in [-0.25, -0.2) is 4.98 Å². The molecule has 1 fully saturated rings. The second kappa shape index (κ2) is 5.08. The van der Waals surface area contributed by atoms with E-state index in [2.05, 4.69) is 45.4 Å². The molecule has 2 heterocycles. The molecule has 1 atom stereocenters. The van der Waals surface area contributed by atoms with Crippen molar-refractivity contribution < 1.29 is 0 Å². The summed E-state index contributed by atoms with van der Waals surface area (Å²) in [4.78, 5) is 9.82. The highest BCUT2D eigenvalue weighted by atomic mass is 15.2. The maximum atomic E-state index is 4.25.